The molecule has 0 amide bonds. The van der Waals surface area contributed by atoms with Crippen LogP contribution in [-0.4, -0.2) is 23.2 Å². The normalized spacial score (nSPS) is 13.7. The number of furan rings is 1. The summed E-state index contributed by atoms with van der Waals surface area (Å²) in [5.41, 5.74) is 5.59. The van der Waals surface area contributed by atoms with Crippen molar-refractivity contribution in [1.29, 1.82) is 0 Å². The van der Waals surface area contributed by atoms with E-state index < -0.39 is 27.0 Å². The van der Waals surface area contributed by atoms with Gasteiger partial charge >= 0.3 is 99.8 Å². The topological polar surface area (TPSA) is 38.9 Å². The van der Waals surface area contributed by atoms with Gasteiger partial charge in [0.15, 0.2) is 0 Å². The molecule has 44 heavy (non-hydrogen) atoms. The van der Waals surface area contributed by atoms with E-state index in [9.17, 15) is 0 Å². The molecule has 5 heteroatoms. The molecule has 0 bridgehead atoms. The van der Waals surface area contributed by atoms with Crippen LogP contribution in [0.25, 0.3) is 55.6 Å². The van der Waals surface area contributed by atoms with Gasteiger partial charge in [0.25, 0.3) is 0 Å². The maximum Gasteiger partial charge on any atom is 0 e. The summed E-state index contributed by atoms with van der Waals surface area (Å²) >= 11 is -1.72. The van der Waals surface area contributed by atoms with Crippen LogP contribution in [0.4, 0.5) is 0 Å². The molecule has 0 saturated heterocycles. The van der Waals surface area contributed by atoms with Crippen LogP contribution in [0.5, 0.6) is 0 Å². The van der Waals surface area contributed by atoms with Crippen molar-refractivity contribution in [1.82, 2.24) is 9.97 Å². The molecule has 7 aromatic rings. The number of hydrogen-bond donors (Lipinski definition) is 0. The van der Waals surface area contributed by atoms with Crippen molar-refractivity contribution < 1.29 is 32.7 Å². The Labute approximate surface area is 284 Å². The summed E-state index contributed by atoms with van der Waals surface area (Å²) < 4.78 is 54.2. The largest absolute Gasteiger partial charge is 0 e. The molecule has 0 aliphatic heterocycles. The molecule has 0 N–H and O–H groups in total. The summed E-state index contributed by atoms with van der Waals surface area (Å²) in [4.78, 5) is 8.80. The van der Waals surface area contributed by atoms with E-state index in [-0.39, 0.29) is 31.2 Å². The Kier molecular flexibility index (Phi) is 7.48. The third-order valence-electron chi connectivity index (χ3n) is 7.31. The van der Waals surface area contributed by atoms with Crippen LogP contribution in [0.15, 0.2) is 120 Å². The average molecular weight is 818 g/mol. The predicted molar refractivity (Wildman–Crippen MR) is 182 cm³/mol. The first-order valence-electron chi connectivity index (χ1n) is 17.1. The van der Waals surface area contributed by atoms with E-state index in [1.165, 1.54) is 10.5 Å². The van der Waals surface area contributed by atoms with Crippen molar-refractivity contribution >= 4 is 39.6 Å². The van der Waals surface area contributed by atoms with Crippen molar-refractivity contribution in [2.24, 2.45) is 0 Å². The molecule has 0 spiro atoms. The van der Waals surface area contributed by atoms with Gasteiger partial charge in [0.05, 0.1) is 5.58 Å². The van der Waals surface area contributed by atoms with Gasteiger partial charge in [-0.3, -0.25) is 0 Å². The minimum Gasteiger partial charge on any atom is 0 e. The third kappa shape index (κ3) is 6.78. The zero-order chi connectivity index (χ0) is 35.0. The van der Waals surface area contributed by atoms with Crippen LogP contribution in [0.1, 0.15) is 19.4 Å². The predicted octanol–water partition coefficient (Wildman–Crippen LogP) is 9.82. The molecule has 0 atom stereocenters. The Morgan fingerprint density at radius 3 is 2.18 bits per heavy atom. The molecule has 3 nitrogen and oxygen atoms in total. The summed E-state index contributed by atoms with van der Waals surface area (Å²) in [6, 6.07) is 39.4. The number of aromatic nitrogens is 2. The monoisotopic (exact) mass is 819 g/mol. The van der Waals surface area contributed by atoms with Gasteiger partial charge in [0.2, 0.25) is 0 Å². The Morgan fingerprint density at radius 1 is 0.682 bits per heavy atom. The van der Waals surface area contributed by atoms with Crippen molar-refractivity contribution in [3.8, 4) is 33.6 Å². The van der Waals surface area contributed by atoms with Gasteiger partial charge in [-0.2, -0.15) is 0 Å². The first kappa shape index (κ1) is 24.5. The van der Waals surface area contributed by atoms with Gasteiger partial charge in [0.1, 0.15) is 5.58 Å². The van der Waals surface area contributed by atoms with E-state index in [2.05, 4.69) is 51.5 Å². The van der Waals surface area contributed by atoms with Crippen LogP contribution >= 0.6 is 0 Å². The van der Waals surface area contributed by atoms with Crippen LogP contribution < -0.4 is 4.40 Å². The van der Waals surface area contributed by atoms with Crippen LogP contribution in [0.2, 0.25) is 17.3 Å². The second kappa shape index (κ2) is 13.4. The number of benzene rings is 4. The second-order valence-corrected chi connectivity index (χ2v) is 22.0. The van der Waals surface area contributed by atoms with Crippen LogP contribution in [0, 0.1) is 25.8 Å². The summed E-state index contributed by atoms with van der Waals surface area (Å²) in [6.07, 6.45) is 3.16. The zero-order valence-electron chi connectivity index (χ0n) is 30.6. The van der Waals surface area contributed by atoms with E-state index in [4.69, 9.17) is 12.6 Å². The molecule has 4 aromatic carbocycles. The Bertz CT molecular complexity index is 2230. The number of aryl methyl sites for hydroxylation is 2. The molecular formula is C39H34GeIrN2O-2. The Hall–Kier alpha value is -3.83. The molecule has 3 aromatic heterocycles. The maximum atomic E-state index is 7.83. The van der Waals surface area contributed by atoms with E-state index in [0.717, 1.165) is 39.4 Å². The smallest absolute Gasteiger partial charge is 0 e. The minimum atomic E-state index is -2.60. The van der Waals surface area contributed by atoms with E-state index in [0.29, 0.717) is 22.4 Å². The van der Waals surface area contributed by atoms with Crippen molar-refractivity contribution in [3.63, 3.8) is 0 Å². The van der Waals surface area contributed by atoms with Crippen molar-refractivity contribution in [2.45, 2.75) is 31.0 Å². The Balaban J connectivity index is 0.000000241. The number of nitrogens with zero attached hydrogens (tertiary/aromatic N) is 2. The number of pyridine rings is 2. The van der Waals surface area contributed by atoms with Gasteiger partial charge in [0, 0.05) is 39.9 Å². The second-order valence-electron chi connectivity index (χ2n) is 11.3. The van der Waals surface area contributed by atoms with E-state index in [1.54, 1.807) is 6.07 Å². The molecule has 0 aliphatic rings. The molecule has 0 fully saturated rings. The molecular weight excluding hydrogens is 777 g/mol. The first-order chi connectivity index (χ1) is 23.2. The molecule has 7 rings (SSSR count). The van der Waals surface area contributed by atoms with E-state index >= 15 is 0 Å². The molecule has 3 heterocycles. The molecule has 221 valence electrons. The van der Waals surface area contributed by atoms with Crippen LogP contribution in [-0.2, 0) is 20.1 Å². The fourth-order valence-electron chi connectivity index (χ4n) is 4.88. The summed E-state index contributed by atoms with van der Waals surface area (Å²) in [6.45, 7) is -5.19. The summed E-state index contributed by atoms with van der Waals surface area (Å²) in [5.74, 6) is 7.14. The van der Waals surface area contributed by atoms with Gasteiger partial charge in [-0.15, -0.1) is 18.2 Å². The zero-order valence-corrected chi connectivity index (χ0v) is 29.1. The SMILES string of the molecule is [2H]C([2H])([2H])c1cnc(-c2[c-]ccc3c2oc2cc(-c4ccccc4)ccc23)cc1C([2H])([2H])[2H].[CH3][Ge]([CH3])([CH3])[c]1ccc(-c2[c-]cccc2)nc1.[Ir]. The quantitative estimate of drug-likeness (QED) is 0.131. The maximum absolute atomic E-state index is 7.83. The molecule has 0 saturated carbocycles. The van der Waals surface area contributed by atoms with Gasteiger partial charge in [-0.25, -0.2) is 0 Å². The van der Waals surface area contributed by atoms with Gasteiger partial charge < -0.3 is 9.40 Å². The number of fused-ring (bicyclic) bond motifs is 3. The molecule has 1 radical (unpaired) electrons. The van der Waals surface area contributed by atoms with E-state index in [1.807, 2.05) is 85.1 Å². The first-order valence-corrected chi connectivity index (χ1v) is 21.4. The Morgan fingerprint density at radius 2 is 1.48 bits per heavy atom. The number of rotatable bonds is 4. The average Bonchev–Trinajstić information content (AvgIpc) is 3.46. The fraction of sp³-hybridized carbons (Fsp3) is 0.128. The fourth-order valence-corrected chi connectivity index (χ4v) is 7.06. The number of hydrogen-bond acceptors (Lipinski definition) is 3. The van der Waals surface area contributed by atoms with Gasteiger partial charge in [-0.05, 0) is 42.2 Å². The molecule has 0 unspecified atom stereocenters. The third-order valence-corrected chi connectivity index (χ3v) is 11.6. The van der Waals surface area contributed by atoms with Crippen molar-refractivity contribution in [2.75, 3.05) is 0 Å². The van der Waals surface area contributed by atoms with Crippen molar-refractivity contribution in [3.05, 3.63) is 139 Å². The van der Waals surface area contributed by atoms with Gasteiger partial charge in [-0.1, -0.05) is 65.0 Å². The standard InChI is InChI=1S/C25H18NO.C14H16GeN.Ir/c1-16-13-23(26-15-17(16)2)22-10-6-9-21-20-12-11-19(14-24(20)27-25(21)22)18-7-4-3-5-8-18;1-15(2,3)13-9-10-14(16-11-13)12-7-5-4-6-8-12;/h3-9,11-15H,1-2H3;4-7,9-11H,1-3H3;/q2*-1;/i1D3,2D3;;. The summed E-state index contributed by atoms with van der Waals surface area (Å²) in [7, 11) is 0. The molecule has 0 aliphatic carbocycles. The minimum absolute atomic E-state index is 0. The summed E-state index contributed by atoms with van der Waals surface area (Å²) in [5, 5.41) is 1.76. The van der Waals surface area contributed by atoms with Crippen LogP contribution in [0.3, 0.4) is 0 Å².